The van der Waals surface area contributed by atoms with Gasteiger partial charge in [-0.2, -0.15) is 0 Å². The van der Waals surface area contributed by atoms with Crippen LogP contribution in [-0.2, 0) is 78.8 Å². The number of hydrogen-bond acceptors (Lipinski definition) is 4. The zero-order valence-corrected chi connectivity index (χ0v) is 8.80. The summed E-state index contributed by atoms with van der Waals surface area (Å²) in [4.78, 5) is 17.9. The number of carboxylic acids is 2. The second-order valence-corrected chi connectivity index (χ2v) is 0.575. The number of carbonyl (C=O) groups excluding carboxylic acids is 2. The summed E-state index contributed by atoms with van der Waals surface area (Å²) in [6, 6.07) is 0. The van der Waals surface area contributed by atoms with Gasteiger partial charge in [-0.3, -0.25) is 0 Å². The van der Waals surface area contributed by atoms with E-state index in [0.717, 1.165) is 0 Å². The Morgan fingerprint density at radius 1 is 1.00 bits per heavy atom. The normalized spacial score (nSPS) is 4.40. The van der Waals surface area contributed by atoms with Crippen molar-refractivity contribution in [2.75, 3.05) is 0 Å². The molecule has 0 atom stereocenters. The minimum atomic E-state index is -2.19. The number of hydrogen-bond donors (Lipinski definition) is 0. The Morgan fingerprint density at radius 3 is 1.10 bits per heavy atom. The predicted molar refractivity (Wildman–Crippen MR) is 10.0 cm³/mol. The summed E-state index contributed by atoms with van der Waals surface area (Å²) >= 11 is 0. The third kappa shape index (κ3) is 23.0. The van der Waals surface area contributed by atoms with Crippen molar-refractivity contribution in [3.05, 3.63) is 0 Å². The van der Waals surface area contributed by atoms with Crippen LogP contribution in [0.3, 0.4) is 0 Å². The van der Waals surface area contributed by atoms with Crippen molar-refractivity contribution in [3.8, 4) is 0 Å². The number of rotatable bonds is 0. The van der Waals surface area contributed by atoms with E-state index in [1.165, 1.54) is 0 Å². The summed E-state index contributed by atoms with van der Waals surface area (Å²) in [5, 5.41) is 17.9. The van der Waals surface area contributed by atoms with Gasteiger partial charge in [0.25, 0.3) is 0 Å². The van der Waals surface area contributed by atoms with Crippen LogP contribution in [0.1, 0.15) is 0 Å². The molecule has 0 fully saturated rings. The van der Waals surface area contributed by atoms with Gasteiger partial charge in [0, 0.05) is 18.6 Å². The smallest absolute Gasteiger partial charge is 0.543 e. The Bertz CT molecular complexity index is 89.3. The van der Waals surface area contributed by atoms with E-state index in [-0.39, 0.29) is 69.2 Å². The molecule has 0 spiro atoms. The fraction of sp³-hybridized carbons (Fsp3) is 0. The van der Waals surface area contributed by atoms with Crippen molar-refractivity contribution in [1.82, 2.24) is 0 Å². The van der Waals surface area contributed by atoms with Crippen LogP contribution in [0.5, 0.6) is 0 Å². The van der Waals surface area contributed by atoms with Crippen LogP contribution in [0.15, 0.2) is 0 Å². The van der Waals surface area contributed by atoms with Crippen LogP contribution >= 0.6 is 0 Å². The van der Waals surface area contributed by atoms with Crippen molar-refractivity contribution in [2.45, 2.75) is 0 Å². The minimum absolute atomic E-state index is 0. The molecule has 0 saturated carbocycles. The first-order valence-corrected chi connectivity index (χ1v) is 1.07. The molecule has 2 radical (unpaired) electrons. The van der Waals surface area contributed by atoms with Gasteiger partial charge in [-0.05, 0) is 0 Å². The van der Waals surface area contributed by atoms with Crippen molar-refractivity contribution in [2.24, 2.45) is 0 Å². The third-order valence-corrected chi connectivity index (χ3v) is 0.167. The Kier molecular flexibility index (Phi) is 50.5. The SMILES string of the molecule is O=C([O-])C(=O)[O-].[Fe+2].[Mn+2].[Ni+2].[V]. The van der Waals surface area contributed by atoms with Crippen LogP contribution in [0.4, 0.5) is 0 Å². The van der Waals surface area contributed by atoms with E-state index < -0.39 is 11.9 Å². The molecule has 0 aromatic carbocycles. The summed E-state index contributed by atoms with van der Waals surface area (Å²) in [6.45, 7) is 0. The van der Waals surface area contributed by atoms with E-state index in [0.29, 0.717) is 0 Å². The molecule has 0 aliphatic rings. The minimum Gasteiger partial charge on any atom is -0.543 e. The van der Waals surface area contributed by atoms with Crippen LogP contribution in [0, 0.1) is 0 Å². The van der Waals surface area contributed by atoms with Gasteiger partial charge < -0.3 is 19.8 Å². The largest absolute Gasteiger partial charge is 2.00 e. The van der Waals surface area contributed by atoms with Gasteiger partial charge in [-0.25, -0.2) is 0 Å². The topological polar surface area (TPSA) is 80.3 Å². The number of aliphatic carboxylic acids is 2. The first-order chi connectivity index (χ1) is 2.64. The number of carbonyl (C=O) groups is 2. The molecule has 0 aromatic heterocycles. The summed E-state index contributed by atoms with van der Waals surface area (Å²) in [5.74, 6) is -4.37. The molecule has 4 nitrogen and oxygen atoms in total. The van der Waals surface area contributed by atoms with E-state index in [1.54, 1.807) is 0 Å². The van der Waals surface area contributed by atoms with Gasteiger partial charge in [0.2, 0.25) is 0 Å². The van der Waals surface area contributed by atoms with Crippen LogP contribution < -0.4 is 10.2 Å². The first kappa shape index (κ1) is 30.5. The number of carboxylic acid groups (broad SMARTS) is 2. The van der Waals surface area contributed by atoms with Crippen LogP contribution in [0.25, 0.3) is 0 Å². The van der Waals surface area contributed by atoms with E-state index in [2.05, 4.69) is 0 Å². The quantitative estimate of drug-likeness (QED) is 0.343. The van der Waals surface area contributed by atoms with Crippen LogP contribution in [-0.4, -0.2) is 11.9 Å². The molecule has 0 unspecified atom stereocenters. The van der Waals surface area contributed by atoms with E-state index >= 15 is 0 Å². The zero-order chi connectivity index (χ0) is 5.15. The Hall–Kier alpha value is 1.06. The van der Waals surface area contributed by atoms with E-state index in [1.807, 2.05) is 0 Å². The second kappa shape index (κ2) is 16.6. The Labute approximate surface area is 100 Å². The van der Waals surface area contributed by atoms with Crippen molar-refractivity contribution in [3.63, 3.8) is 0 Å². The summed E-state index contributed by atoms with van der Waals surface area (Å²) < 4.78 is 0. The molecular formula is C2FeMnNiO4V+4. The van der Waals surface area contributed by atoms with Gasteiger partial charge >= 0.3 is 50.6 Å². The van der Waals surface area contributed by atoms with Crippen molar-refractivity contribution >= 4 is 11.9 Å². The Morgan fingerprint density at radius 2 is 1.10 bits per heavy atom. The van der Waals surface area contributed by atoms with E-state index in [9.17, 15) is 0 Å². The molecule has 0 aromatic rings. The Balaban J connectivity index is -0.0000000208. The fourth-order valence-electron chi connectivity index (χ4n) is 0. The molecular weight excluding hydrogens is 308 g/mol. The van der Waals surface area contributed by atoms with Crippen molar-refractivity contribution in [1.29, 1.82) is 0 Å². The maximum absolute atomic E-state index is 8.93. The third-order valence-electron chi connectivity index (χ3n) is 0.167. The van der Waals surface area contributed by atoms with Gasteiger partial charge in [-0.1, -0.05) is 0 Å². The summed E-state index contributed by atoms with van der Waals surface area (Å²) in [7, 11) is 0. The molecule has 0 saturated heterocycles. The zero-order valence-electron chi connectivity index (χ0n) is 4.13. The first-order valence-electron chi connectivity index (χ1n) is 1.07. The van der Waals surface area contributed by atoms with Gasteiger partial charge in [0.1, 0.15) is 0 Å². The molecule has 0 aliphatic carbocycles. The average molecular weight is 308 g/mol. The molecule has 58 valence electrons. The molecule has 0 heterocycles. The maximum Gasteiger partial charge on any atom is 2.00 e. The molecule has 0 rings (SSSR count). The molecule has 10 heavy (non-hydrogen) atoms. The maximum atomic E-state index is 8.93. The van der Waals surface area contributed by atoms with Gasteiger partial charge in [0.15, 0.2) is 0 Å². The van der Waals surface area contributed by atoms with E-state index in [4.69, 9.17) is 19.8 Å². The monoisotopic (exact) mass is 308 g/mol. The van der Waals surface area contributed by atoms with Gasteiger partial charge in [-0.15, -0.1) is 0 Å². The standard InChI is InChI=1S/C2H2O4.Fe.Mn.Ni.V/c3-1(4)2(5)6;;;;/h(H,3,4)(H,5,6);;;;/q;3*+2;/p-2. The van der Waals surface area contributed by atoms with Gasteiger partial charge in [0.05, 0.1) is 11.9 Å². The van der Waals surface area contributed by atoms with Crippen LogP contribution in [0.2, 0.25) is 0 Å². The molecule has 0 amide bonds. The molecule has 0 N–H and O–H groups in total. The van der Waals surface area contributed by atoms with Crippen molar-refractivity contribution < 1.29 is 89.0 Å². The molecule has 0 aliphatic heterocycles. The fourth-order valence-corrected chi connectivity index (χ4v) is 0. The molecule has 0 bridgehead atoms. The average Bonchev–Trinajstić information content (AvgIpc) is 1.36. The summed E-state index contributed by atoms with van der Waals surface area (Å²) in [6.07, 6.45) is 0. The molecule has 8 heteroatoms. The predicted octanol–water partition coefficient (Wildman–Crippen LogP) is -3.52. The summed E-state index contributed by atoms with van der Waals surface area (Å²) in [5.41, 5.74) is 0. The second-order valence-electron chi connectivity index (χ2n) is 0.575.